The van der Waals surface area contributed by atoms with E-state index in [1.54, 1.807) is 12.5 Å². The SMILES string of the molecule is NNc1cc(N(Cc2ccco2)C2CC2)ccn1. The molecule has 3 N–H and O–H groups in total. The first-order valence-electron chi connectivity index (χ1n) is 6.08. The van der Waals surface area contributed by atoms with E-state index in [1.165, 1.54) is 12.8 Å². The number of nitrogens with zero attached hydrogens (tertiary/aromatic N) is 2. The molecule has 0 atom stereocenters. The highest BCUT2D eigenvalue weighted by Gasteiger charge is 2.30. The van der Waals surface area contributed by atoms with Crippen LogP contribution in [0.3, 0.4) is 0 Å². The average molecular weight is 244 g/mol. The predicted molar refractivity (Wildman–Crippen MR) is 70.0 cm³/mol. The minimum Gasteiger partial charge on any atom is -0.467 e. The standard InChI is InChI=1S/C13H16N4O/c14-16-13-8-11(5-6-15-13)17(10-3-4-10)9-12-2-1-7-18-12/h1-2,5-8,10H,3-4,9,14H2,(H,15,16). The number of hydrogen-bond acceptors (Lipinski definition) is 5. The fraction of sp³-hybridized carbons (Fsp3) is 0.308. The molecule has 3 rings (SSSR count). The number of hydrogen-bond donors (Lipinski definition) is 2. The number of furan rings is 1. The number of nitrogens with one attached hydrogen (secondary N) is 1. The molecule has 18 heavy (non-hydrogen) atoms. The van der Waals surface area contributed by atoms with E-state index in [0.29, 0.717) is 11.9 Å². The zero-order valence-electron chi connectivity index (χ0n) is 10.0. The van der Waals surface area contributed by atoms with E-state index in [2.05, 4.69) is 15.3 Å². The molecule has 0 radical (unpaired) electrons. The summed E-state index contributed by atoms with van der Waals surface area (Å²) in [6.45, 7) is 0.783. The molecule has 1 aliphatic carbocycles. The van der Waals surface area contributed by atoms with Crippen LogP contribution < -0.4 is 16.2 Å². The quantitative estimate of drug-likeness (QED) is 0.623. The lowest BCUT2D eigenvalue weighted by Crippen LogP contribution is -2.25. The number of pyridine rings is 1. The second-order valence-electron chi connectivity index (χ2n) is 4.48. The fourth-order valence-corrected chi connectivity index (χ4v) is 2.06. The van der Waals surface area contributed by atoms with Gasteiger partial charge in [-0.1, -0.05) is 0 Å². The molecule has 5 nitrogen and oxygen atoms in total. The Hall–Kier alpha value is -2.01. The molecule has 0 saturated heterocycles. The maximum absolute atomic E-state index is 5.42. The van der Waals surface area contributed by atoms with Gasteiger partial charge in [-0.15, -0.1) is 0 Å². The van der Waals surface area contributed by atoms with Crippen LogP contribution in [0.15, 0.2) is 41.1 Å². The Morgan fingerprint density at radius 1 is 1.44 bits per heavy atom. The number of aromatic nitrogens is 1. The first kappa shape index (κ1) is 11.1. The van der Waals surface area contributed by atoms with Crippen molar-refractivity contribution in [3.05, 3.63) is 42.5 Å². The van der Waals surface area contributed by atoms with Gasteiger partial charge in [0.1, 0.15) is 11.6 Å². The lowest BCUT2D eigenvalue weighted by molar-refractivity contribution is 0.501. The maximum Gasteiger partial charge on any atom is 0.141 e. The molecule has 0 aliphatic heterocycles. The van der Waals surface area contributed by atoms with E-state index in [1.807, 2.05) is 24.3 Å². The maximum atomic E-state index is 5.42. The Morgan fingerprint density at radius 2 is 2.33 bits per heavy atom. The zero-order valence-corrected chi connectivity index (χ0v) is 10.0. The van der Waals surface area contributed by atoms with Crippen molar-refractivity contribution in [1.29, 1.82) is 0 Å². The summed E-state index contributed by atoms with van der Waals surface area (Å²) in [7, 11) is 0. The van der Waals surface area contributed by atoms with Crippen molar-refractivity contribution in [2.24, 2.45) is 5.84 Å². The molecule has 0 bridgehead atoms. The first-order chi connectivity index (χ1) is 8.86. The molecule has 2 aromatic rings. The van der Waals surface area contributed by atoms with Gasteiger partial charge in [0.15, 0.2) is 0 Å². The van der Waals surface area contributed by atoms with E-state index in [9.17, 15) is 0 Å². The summed E-state index contributed by atoms with van der Waals surface area (Å²) in [6.07, 6.45) is 5.94. The number of rotatable bonds is 5. The topological polar surface area (TPSA) is 67.3 Å². The van der Waals surface area contributed by atoms with E-state index >= 15 is 0 Å². The smallest absolute Gasteiger partial charge is 0.141 e. The van der Waals surface area contributed by atoms with E-state index in [4.69, 9.17) is 10.3 Å². The monoisotopic (exact) mass is 244 g/mol. The van der Waals surface area contributed by atoms with Crippen LogP contribution in [0.4, 0.5) is 11.5 Å². The van der Waals surface area contributed by atoms with Crippen molar-refractivity contribution >= 4 is 11.5 Å². The molecule has 2 aromatic heterocycles. The summed E-state index contributed by atoms with van der Waals surface area (Å²) in [6, 6.07) is 8.48. The first-order valence-corrected chi connectivity index (χ1v) is 6.08. The highest BCUT2D eigenvalue weighted by Crippen LogP contribution is 2.33. The van der Waals surface area contributed by atoms with Gasteiger partial charge in [0, 0.05) is 24.0 Å². The molecule has 5 heteroatoms. The molecule has 1 fully saturated rings. The molecule has 0 amide bonds. The summed E-state index contributed by atoms with van der Waals surface area (Å²) in [5.74, 6) is 7.05. The van der Waals surface area contributed by atoms with Crippen LogP contribution in [-0.4, -0.2) is 11.0 Å². The van der Waals surface area contributed by atoms with Gasteiger partial charge >= 0.3 is 0 Å². The van der Waals surface area contributed by atoms with Crippen LogP contribution >= 0.6 is 0 Å². The van der Waals surface area contributed by atoms with Crippen molar-refractivity contribution in [3.8, 4) is 0 Å². The molecular weight excluding hydrogens is 228 g/mol. The Morgan fingerprint density at radius 3 is 3.00 bits per heavy atom. The Kier molecular flexibility index (Phi) is 2.90. The third-order valence-electron chi connectivity index (χ3n) is 3.12. The number of nitrogens with two attached hydrogens (primary N) is 1. The summed E-state index contributed by atoms with van der Waals surface area (Å²) in [4.78, 5) is 6.47. The van der Waals surface area contributed by atoms with Crippen molar-refractivity contribution in [1.82, 2.24) is 4.98 Å². The highest BCUT2D eigenvalue weighted by molar-refractivity contribution is 5.55. The molecule has 2 heterocycles. The molecular formula is C13H16N4O. The van der Waals surface area contributed by atoms with Crippen LogP contribution in [0.2, 0.25) is 0 Å². The lowest BCUT2D eigenvalue weighted by atomic mass is 10.3. The van der Waals surface area contributed by atoms with Gasteiger partial charge in [0.2, 0.25) is 0 Å². The number of nitrogen functional groups attached to an aromatic ring is 1. The van der Waals surface area contributed by atoms with Gasteiger partial charge in [-0.2, -0.15) is 0 Å². The molecule has 1 aliphatic rings. The van der Waals surface area contributed by atoms with Crippen LogP contribution in [0.1, 0.15) is 18.6 Å². The van der Waals surface area contributed by atoms with Crippen LogP contribution in [0.25, 0.3) is 0 Å². The van der Waals surface area contributed by atoms with Gasteiger partial charge in [0.25, 0.3) is 0 Å². The van der Waals surface area contributed by atoms with Gasteiger partial charge in [-0.3, -0.25) is 0 Å². The largest absolute Gasteiger partial charge is 0.467 e. The van der Waals surface area contributed by atoms with Crippen LogP contribution in [-0.2, 0) is 6.54 Å². The second-order valence-corrected chi connectivity index (χ2v) is 4.48. The summed E-state index contributed by atoms with van der Waals surface area (Å²) < 4.78 is 5.42. The van der Waals surface area contributed by atoms with Crippen molar-refractivity contribution in [3.63, 3.8) is 0 Å². The Balaban J connectivity index is 1.84. The van der Waals surface area contributed by atoms with Crippen molar-refractivity contribution < 1.29 is 4.42 Å². The summed E-state index contributed by atoms with van der Waals surface area (Å²) in [5, 5.41) is 0. The average Bonchev–Trinajstić information content (AvgIpc) is 3.13. The third kappa shape index (κ3) is 2.31. The van der Waals surface area contributed by atoms with Crippen molar-refractivity contribution in [2.45, 2.75) is 25.4 Å². The molecule has 0 aromatic carbocycles. The minimum absolute atomic E-state index is 0.600. The van der Waals surface area contributed by atoms with Gasteiger partial charge in [-0.05, 0) is 31.0 Å². The normalized spacial score (nSPS) is 14.5. The molecule has 0 spiro atoms. The Bertz CT molecular complexity index is 507. The number of hydrazine groups is 1. The number of anilines is 2. The lowest BCUT2D eigenvalue weighted by Gasteiger charge is -2.23. The van der Waals surface area contributed by atoms with E-state index < -0.39 is 0 Å². The summed E-state index contributed by atoms with van der Waals surface area (Å²) in [5.41, 5.74) is 3.70. The van der Waals surface area contributed by atoms with E-state index in [-0.39, 0.29) is 0 Å². The van der Waals surface area contributed by atoms with Crippen LogP contribution in [0.5, 0.6) is 0 Å². The summed E-state index contributed by atoms with van der Waals surface area (Å²) >= 11 is 0. The van der Waals surface area contributed by atoms with Gasteiger partial charge < -0.3 is 14.7 Å². The van der Waals surface area contributed by atoms with E-state index in [0.717, 1.165) is 18.0 Å². The third-order valence-corrected chi connectivity index (χ3v) is 3.12. The molecule has 1 saturated carbocycles. The van der Waals surface area contributed by atoms with Gasteiger partial charge in [0.05, 0.1) is 12.8 Å². The Labute approximate surface area is 106 Å². The molecule has 0 unspecified atom stereocenters. The molecule has 94 valence electrons. The van der Waals surface area contributed by atoms with Crippen LogP contribution in [0, 0.1) is 0 Å². The predicted octanol–water partition coefficient (Wildman–Crippen LogP) is 2.13. The highest BCUT2D eigenvalue weighted by atomic mass is 16.3. The zero-order chi connectivity index (χ0) is 12.4. The second kappa shape index (κ2) is 4.70. The minimum atomic E-state index is 0.600. The van der Waals surface area contributed by atoms with Gasteiger partial charge in [-0.25, -0.2) is 10.8 Å². The fourth-order valence-electron chi connectivity index (χ4n) is 2.06. The van der Waals surface area contributed by atoms with Crippen molar-refractivity contribution in [2.75, 3.05) is 10.3 Å².